The van der Waals surface area contributed by atoms with Gasteiger partial charge in [0.05, 0.1) is 0 Å². The van der Waals surface area contributed by atoms with Crippen LogP contribution in [0, 0.1) is 11.8 Å². The van der Waals surface area contributed by atoms with E-state index in [0.29, 0.717) is 11.8 Å². The Hall–Kier alpha value is -0.590. The fourth-order valence-electron chi connectivity index (χ4n) is 1.63. The van der Waals surface area contributed by atoms with E-state index in [4.69, 9.17) is 0 Å². The summed E-state index contributed by atoms with van der Waals surface area (Å²) in [7, 11) is 0. The Morgan fingerprint density at radius 2 is 1.87 bits per heavy atom. The summed E-state index contributed by atoms with van der Waals surface area (Å²) < 4.78 is 0. The number of carbonyl (C=O) groups excluding carboxylic acids is 1. The Morgan fingerprint density at radius 3 is 2.33 bits per heavy atom. The van der Waals surface area contributed by atoms with Crippen LogP contribution in [0.1, 0.15) is 59.8 Å². The molecule has 1 atom stereocenters. The van der Waals surface area contributed by atoms with E-state index in [0.717, 1.165) is 31.1 Å². The Morgan fingerprint density at radius 1 is 1.20 bits per heavy atom. The van der Waals surface area contributed by atoms with Gasteiger partial charge in [0.25, 0.3) is 0 Å². The summed E-state index contributed by atoms with van der Waals surface area (Å²) in [6.07, 6.45) is 8.77. The Kier molecular flexibility index (Phi) is 8.35. The van der Waals surface area contributed by atoms with Crippen LogP contribution in [0.15, 0.2) is 11.6 Å². The van der Waals surface area contributed by atoms with E-state index in [9.17, 15) is 4.79 Å². The molecule has 0 saturated carbocycles. The first-order chi connectivity index (χ1) is 7.10. The molecule has 0 aliphatic carbocycles. The topological polar surface area (TPSA) is 17.1 Å². The standard InChI is InChI=1S/C14H26O/c1-5-6-13(4)8-10-14(11-15)9-7-12(2)3/h10-13H,5-9H2,1-4H3/b14-10+. The molecule has 0 aromatic heterocycles. The molecule has 0 aliphatic heterocycles. The number of allylic oxidation sites excluding steroid dienone is 2. The average Bonchev–Trinajstić information content (AvgIpc) is 2.18. The molecule has 0 radical (unpaired) electrons. The highest BCUT2D eigenvalue weighted by Crippen LogP contribution is 2.15. The molecule has 0 aromatic rings. The normalized spacial score (nSPS) is 14.3. The molecule has 1 nitrogen and oxygen atoms in total. The SMILES string of the molecule is CCCC(C)C/C=C(/C=O)CCC(C)C. The van der Waals surface area contributed by atoms with Crippen molar-refractivity contribution in [2.45, 2.75) is 59.8 Å². The summed E-state index contributed by atoms with van der Waals surface area (Å²) in [5.74, 6) is 1.39. The summed E-state index contributed by atoms with van der Waals surface area (Å²) in [5, 5.41) is 0. The van der Waals surface area contributed by atoms with Crippen molar-refractivity contribution in [3.05, 3.63) is 11.6 Å². The highest BCUT2D eigenvalue weighted by atomic mass is 16.1. The van der Waals surface area contributed by atoms with E-state index in [-0.39, 0.29) is 0 Å². The van der Waals surface area contributed by atoms with Crippen LogP contribution >= 0.6 is 0 Å². The van der Waals surface area contributed by atoms with E-state index >= 15 is 0 Å². The van der Waals surface area contributed by atoms with Gasteiger partial charge in [0.1, 0.15) is 6.29 Å². The molecule has 0 saturated heterocycles. The number of carbonyl (C=O) groups is 1. The largest absolute Gasteiger partial charge is 0.298 e. The smallest absolute Gasteiger partial charge is 0.145 e. The van der Waals surface area contributed by atoms with Crippen LogP contribution in [0.3, 0.4) is 0 Å². The molecule has 1 heteroatoms. The van der Waals surface area contributed by atoms with Gasteiger partial charge in [-0.25, -0.2) is 0 Å². The first-order valence-electron chi connectivity index (χ1n) is 6.24. The minimum absolute atomic E-state index is 0.682. The molecule has 0 amide bonds. The summed E-state index contributed by atoms with van der Waals surface area (Å²) >= 11 is 0. The van der Waals surface area contributed by atoms with Crippen molar-refractivity contribution in [2.24, 2.45) is 11.8 Å². The Labute approximate surface area is 95.0 Å². The van der Waals surface area contributed by atoms with Crippen molar-refractivity contribution in [3.63, 3.8) is 0 Å². The van der Waals surface area contributed by atoms with Gasteiger partial charge < -0.3 is 0 Å². The van der Waals surface area contributed by atoms with Gasteiger partial charge in [0, 0.05) is 0 Å². The zero-order chi connectivity index (χ0) is 11.7. The molecule has 0 aliphatic rings. The van der Waals surface area contributed by atoms with Gasteiger partial charge in [-0.15, -0.1) is 0 Å². The van der Waals surface area contributed by atoms with Crippen LogP contribution in [-0.4, -0.2) is 6.29 Å². The molecular weight excluding hydrogens is 184 g/mol. The van der Waals surface area contributed by atoms with Gasteiger partial charge in [-0.1, -0.05) is 46.6 Å². The molecule has 0 rings (SSSR count). The molecule has 0 bridgehead atoms. The third-order valence-corrected chi connectivity index (χ3v) is 2.73. The van der Waals surface area contributed by atoms with Crippen molar-refractivity contribution in [1.29, 1.82) is 0 Å². The van der Waals surface area contributed by atoms with Gasteiger partial charge in [-0.3, -0.25) is 4.79 Å². The quantitative estimate of drug-likeness (QED) is 0.429. The minimum atomic E-state index is 0.682. The monoisotopic (exact) mass is 210 g/mol. The number of aldehydes is 1. The third kappa shape index (κ3) is 8.41. The lowest BCUT2D eigenvalue weighted by molar-refractivity contribution is -0.105. The van der Waals surface area contributed by atoms with Crippen LogP contribution < -0.4 is 0 Å². The van der Waals surface area contributed by atoms with Gasteiger partial charge in [-0.2, -0.15) is 0 Å². The third-order valence-electron chi connectivity index (χ3n) is 2.73. The van der Waals surface area contributed by atoms with Crippen molar-refractivity contribution in [3.8, 4) is 0 Å². The molecule has 0 heterocycles. The molecule has 0 N–H and O–H groups in total. The number of hydrogen-bond acceptors (Lipinski definition) is 1. The second-order valence-electron chi connectivity index (χ2n) is 4.96. The Bertz CT molecular complexity index is 192. The van der Waals surface area contributed by atoms with Crippen LogP contribution in [-0.2, 0) is 4.79 Å². The predicted molar refractivity (Wildman–Crippen MR) is 66.9 cm³/mol. The second kappa shape index (κ2) is 8.70. The van der Waals surface area contributed by atoms with E-state index in [2.05, 4.69) is 33.8 Å². The zero-order valence-corrected chi connectivity index (χ0v) is 10.8. The molecule has 0 fully saturated rings. The van der Waals surface area contributed by atoms with E-state index in [1.54, 1.807) is 0 Å². The van der Waals surface area contributed by atoms with Crippen molar-refractivity contribution in [1.82, 2.24) is 0 Å². The van der Waals surface area contributed by atoms with Crippen molar-refractivity contribution in [2.75, 3.05) is 0 Å². The second-order valence-corrected chi connectivity index (χ2v) is 4.96. The average molecular weight is 210 g/mol. The zero-order valence-electron chi connectivity index (χ0n) is 10.8. The van der Waals surface area contributed by atoms with Crippen LogP contribution in [0.25, 0.3) is 0 Å². The maximum atomic E-state index is 10.8. The predicted octanol–water partition coefficient (Wildman–Crippen LogP) is 4.37. The first-order valence-corrected chi connectivity index (χ1v) is 6.24. The number of rotatable bonds is 8. The van der Waals surface area contributed by atoms with Crippen molar-refractivity contribution < 1.29 is 4.79 Å². The Balaban J connectivity index is 3.93. The molecule has 15 heavy (non-hydrogen) atoms. The van der Waals surface area contributed by atoms with E-state index in [1.807, 2.05) is 0 Å². The van der Waals surface area contributed by atoms with Gasteiger partial charge in [-0.05, 0) is 36.7 Å². The first kappa shape index (κ1) is 14.4. The van der Waals surface area contributed by atoms with Gasteiger partial charge in [0.2, 0.25) is 0 Å². The fraction of sp³-hybridized carbons (Fsp3) is 0.786. The lowest BCUT2D eigenvalue weighted by atomic mass is 9.98. The number of hydrogen-bond donors (Lipinski definition) is 0. The van der Waals surface area contributed by atoms with Gasteiger partial charge in [0.15, 0.2) is 0 Å². The lowest BCUT2D eigenvalue weighted by Crippen LogP contribution is -1.95. The van der Waals surface area contributed by atoms with Gasteiger partial charge >= 0.3 is 0 Å². The summed E-state index contributed by atoms with van der Waals surface area (Å²) in [6.45, 7) is 8.86. The molecule has 88 valence electrons. The highest BCUT2D eigenvalue weighted by Gasteiger charge is 2.01. The minimum Gasteiger partial charge on any atom is -0.298 e. The maximum absolute atomic E-state index is 10.8. The van der Waals surface area contributed by atoms with Crippen molar-refractivity contribution >= 4 is 6.29 Å². The van der Waals surface area contributed by atoms with Crippen LogP contribution in [0.2, 0.25) is 0 Å². The fourth-order valence-corrected chi connectivity index (χ4v) is 1.63. The molecule has 0 aromatic carbocycles. The highest BCUT2D eigenvalue weighted by molar-refractivity contribution is 5.72. The van der Waals surface area contributed by atoms with E-state index < -0.39 is 0 Å². The van der Waals surface area contributed by atoms with E-state index in [1.165, 1.54) is 12.8 Å². The summed E-state index contributed by atoms with van der Waals surface area (Å²) in [6, 6.07) is 0. The molecule has 1 unspecified atom stereocenters. The van der Waals surface area contributed by atoms with Crippen LogP contribution in [0.5, 0.6) is 0 Å². The molecular formula is C14H26O. The molecule has 0 spiro atoms. The summed E-state index contributed by atoms with van der Waals surface area (Å²) in [4.78, 5) is 10.8. The summed E-state index contributed by atoms with van der Waals surface area (Å²) in [5.41, 5.74) is 0.992. The maximum Gasteiger partial charge on any atom is 0.145 e. The van der Waals surface area contributed by atoms with Crippen LogP contribution in [0.4, 0.5) is 0 Å². The lowest BCUT2D eigenvalue weighted by Gasteiger charge is -2.08.